The fourth-order valence-corrected chi connectivity index (χ4v) is 8.94. The van der Waals surface area contributed by atoms with Gasteiger partial charge in [-0.1, -0.05) is 159 Å². The Balaban J connectivity index is 1.33. The minimum atomic E-state index is 0.142. The topological polar surface area (TPSA) is 36.4 Å². The van der Waals surface area contributed by atoms with Crippen LogP contribution in [0.2, 0.25) is 0 Å². The minimum Gasteiger partial charge on any atom is -0.380 e. The summed E-state index contributed by atoms with van der Waals surface area (Å²) in [6, 6.07) is 36.0. The van der Waals surface area contributed by atoms with Crippen molar-refractivity contribution in [2.75, 3.05) is 10.6 Å². The second-order valence-electron chi connectivity index (χ2n) is 17.2. The van der Waals surface area contributed by atoms with Crippen LogP contribution in [0.25, 0.3) is 16.3 Å². The van der Waals surface area contributed by atoms with Gasteiger partial charge in [-0.15, -0.1) is 11.6 Å². The Bertz CT molecular complexity index is 2270. The summed E-state index contributed by atoms with van der Waals surface area (Å²) in [6.07, 6.45) is 13.5. The van der Waals surface area contributed by atoms with Crippen LogP contribution in [0.15, 0.2) is 132 Å². The number of nitrogens with zero attached hydrogens (tertiary/aromatic N) is 1. The third-order valence-corrected chi connectivity index (χ3v) is 12.3. The third kappa shape index (κ3) is 8.85. The average Bonchev–Trinajstić information content (AvgIpc) is 3.20. The second-order valence-corrected chi connectivity index (χ2v) is 17.8. The van der Waals surface area contributed by atoms with Gasteiger partial charge in [-0.2, -0.15) is 0 Å². The second kappa shape index (κ2) is 17.7. The zero-order chi connectivity index (χ0) is 40.2. The lowest BCUT2D eigenvalue weighted by Gasteiger charge is -2.29. The highest BCUT2D eigenvalue weighted by Gasteiger charge is 2.24. The molecule has 0 saturated heterocycles. The number of aliphatic imine (C=N–C) groups is 1. The molecule has 2 unspecified atom stereocenters. The molecule has 1 saturated carbocycles. The highest BCUT2D eigenvalue weighted by molar-refractivity contribution is 6.21. The number of halogens is 1. The van der Waals surface area contributed by atoms with Gasteiger partial charge >= 0.3 is 0 Å². The molecule has 57 heavy (non-hydrogen) atoms. The molecule has 1 fully saturated rings. The summed E-state index contributed by atoms with van der Waals surface area (Å²) in [5, 5.41) is 10.3. The summed E-state index contributed by atoms with van der Waals surface area (Å²) in [5.74, 6) is 1.59. The van der Waals surface area contributed by atoms with Gasteiger partial charge in [-0.3, -0.25) is 0 Å². The van der Waals surface area contributed by atoms with Gasteiger partial charge in [-0.25, -0.2) is 4.99 Å². The van der Waals surface area contributed by atoms with Gasteiger partial charge < -0.3 is 10.6 Å². The maximum atomic E-state index is 6.87. The lowest BCUT2D eigenvalue weighted by atomic mass is 9.87. The van der Waals surface area contributed by atoms with Crippen LogP contribution < -0.4 is 10.6 Å². The van der Waals surface area contributed by atoms with E-state index in [4.69, 9.17) is 16.6 Å². The van der Waals surface area contributed by atoms with Crippen LogP contribution in [0.5, 0.6) is 0 Å². The van der Waals surface area contributed by atoms with E-state index >= 15 is 0 Å². The summed E-state index contributed by atoms with van der Waals surface area (Å²) in [4.78, 5) is 5.31. The highest BCUT2D eigenvalue weighted by atomic mass is 35.5. The van der Waals surface area contributed by atoms with Crippen molar-refractivity contribution in [3.63, 3.8) is 0 Å². The summed E-state index contributed by atoms with van der Waals surface area (Å²) in [5.41, 5.74) is 15.5. The molecule has 0 radical (unpaired) electrons. The van der Waals surface area contributed by atoms with E-state index in [0.29, 0.717) is 23.7 Å². The predicted octanol–water partition coefficient (Wildman–Crippen LogP) is 15.7. The molecule has 0 spiro atoms. The number of alkyl halides is 1. The minimum absolute atomic E-state index is 0.142. The normalized spacial score (nSPS) is 17.0. The maximum Gasteiger partial charge on any atom is 0.0706 e. The van der Waals surface area contributed by atoms with E-state index < -0.39 is 0 Å². The number of hydrogen-bond donors (Lipinski definition) is 2. The van der Waals surface area contributed by atoms with Crippen LogP contribution in [0, 0.1) is 0 Å². The number of para-hydroxylation sites is 2. The van der Waals surface area contributed by atoms with Crippen molar-refractivity contribution in [2.24, 2.45) is 4.99 Å². The Kier molecular flexibility index (Phi) is 12.6. The molecular formula is C53H60ClN3. The van der Waals surface area contributed by atoms with Crippen molar-refractivity contribution in [1.29, 1.82) is 0 Å². The Morgan fingerprint density at radius 3 is 1.74 bits per heavy atom. The SMILES string of the molecule is CC(C)c1cccc(C(C)C)c1N=C1C=CC(=C(c2ccc(Nc3c(C(C)C)cccc3C(C)C)cc2)c2ccc(NC3CCCCC3Cl)c3ccccc23)C=C1. The quantitative estimate of drug-likeness (QED) is 0.131. The first-order valence-electron chi connectivity index (χ1n) is 21.2. The first-order chi connectivity index (χ1) is 27.5. The van der Waals surface area contributed by atoms with Crippen molar-refractivity contribution in [3.05, 3.63) is 160 Å². The van der Waals surface area contributed by atoms with Crippen LogP contribution in [0.1, 0.15) is 138 Å². The number of hydrogen-bond acceptors (Lipinski definition) is 3. The van der Waals surface area contributed by atoms with Crippen molar-refractivity contribution in [3.8, 4) is 0 Å². The zero-order valence-corrected chi connectivity index (χ0v) is 35.9. The van der Waals surface area contributed by atoms with E-state index in [2.05, 4.69) is 187 Å². The van der Waals surface area contributed by atoms with E-state index in [1.807, 2.05) is 0 Å². The molecule has 2 aliphatic carbocycles. The summed E-state index contributed by atoms with van der Waals surface area (Å²) >= 11 is 6.87. The van der Waals surface area contributed by atoms with Gasteiger partial charge in [-0.05, 0) is 117 Å². The Hall–Kier alpha value is -4.86. The fourth-order valence-electron chi connectivity index (χ4n) is 8.60. The molecule has 5 aromatic carbocycles. The molecule has 2 aliphatic rings. The van der Waals surface area contributed by atoms with E-state index in [-0.39, 0.29) is 11.4 Å². The molecular weight excluding hydrogens is 714 g/mol. The molecule has 2 atom stereocenters. The number of nitrogens with one attached hydrogen (secondary N) is 2. The summed E-state index contributed by atoms with van der Waals surface area (Å²) in [7, 11) is 0. The Labute approximate surface area is 347 Å². The molecule has 294 valence electrons. The monoisotopic (exact) mass is 773 g/mol. The van der Waals surface area contributed by atoms with Crippen molar-refractivity contribution < 1.29 is 0 Å². The number of fused-ring (bicyclic) bond motifs is 1. The number of allylic oxidation sites excluding steroid dienone is 5. The largest absolute Gasteiger partial charge is 0.380 e. The zero-order valence-electron chi connectivity index (χ0n) is 35.2. The van der Waals surface area contributed by atoms with Gasteiger partial charge in [0.25, 0.3) is 0 Å². The lowest BCUT2D eigenvalue weighted by Crippen LogP contribution is -2.32. The average molecular weight is 775 g/mol. The van der Waals surface area contributed by atoms with E-state index in [9.17, 15) is 0 Å². The maximum absolute atomic E-state index is 6.87. The van der Waals surface area contributed by atoms with Crippen LogP contribution in [0.3, 0.4) is 0 Å². The first kappa shape index (κ1) is 40.3. The number of rotatable bonds is 11. The van der Waals surface area contributed by atoms with Crippen molar-refractivity contribution in [1.82, 2.24) is 0 Å². The number of anilines is 3. The molecule has 2 N–H and O–H groups in total. The van der Waals surface area contributed by atoms with Crippen molar-refractivity contribution in [2.45, 2.75) is 116 Å². The third-order valence-electron chi connectivity index (χ3n) is 11.8. The molecule has 0 aromatic heterocycles. The van der Waals surface area contributed by atoms with Crippen LogP contribution in [-0.4, -0.2) is 17.1 Å². The van der Waals surface area contributed by atoms with Crippen molar-refractivity contribution >= 4 is 56.4 Å². The smallest absolute Gasteiger partial charge is 0.0706 e. The van der Waals surface area contributed by atoms with E-state index in [1.54, 1.807) is 0 Å². The van der Waals surface area contributed by atoms with Crippen LogP contribution >= 0.6 is 11.6 Å². The van der Waals surface area contributed by atoms with Gasteiger partial charge in [0.1, 0.15) is 0 Å². The summed E-state index contributed by atoms with van der Waals surface area (Å²) < 4.78 is 0. The highest BCUT2D eigenvalue weighted by Crippen LogP contribution is 2.41. The molecule has 4 heteroatoms. The molecule has 5 aromatic rings. The predicted molar refractivity (Wildman–Crippen MR) is 250 cm³/mol. The number of benzene rings is 5. The van der Waals surface area contributed by atoms with Gasteiger partial charge in [0.05, 0.1) is 16.8 Å². The van der Waals surface area contributed by atoms with Crippen LogP contribution in [-0.2, 0) is 0 Å². The molecule has 3 nitrogen and oxygen atoms in total. The van der Waals surface area contributed by atoms with E-state index in [0.717, 1.165) is 46.8 Å². The lowest BCUT2D eigenvalue weighted by molar-refractivity contribution is 0.470. The molecule has 0 heterocycles. The Morgan fingerprint density at radius 2 is 1.16 bits per heavy atom. The molecule has 7 rings (SSSR count). The fraction of sp³-hybridized carbons (Fsp3) is 0.340. The van der Waals surface area contributed by atoms with E-state index in [1.165, 1.54) is 62.7 Å². The van der Waals surface area contributed by atoms with Crippen LogP contribution in [0.4, 0.5) is 22.7 Å². The van der Waals surface area contributed by atoms with Gasteiger partial charge in [0, 0.05) is 28.5 Å². The molecule has 0 aliphatic heterocycles. The van der Waals surface area contributed by atoms with Gasteiger partial charge in [0.2, 0.25) is 0 Å². The standard InChI is InChI=1S/C53H60ClN3/c1-33(2)41-17-13-18-42(34(3)4)52(41)55-39-27-23-37(24-28-39)51(38-25-29-40(30-26-38)56-53-43(35(5)6)19-14-20-44(53)36(7)8)47-31-32-49(46-16-10-9-15-45(46)47)57-50-22-12-11-21-48(50)54/h9-10,13-20,23-36,48,50,55,57H,11-12,21-22H2,1-8H3. The summed E-state index contributed by atoms with van der Waals surface area (Å²) in [6.45, 7) is 18.1. The first-order valence-corrected chi connectivity index (χ1v) is 21.7. The Morgan fingerprint density at radius 1 is 0.596 bits per heavy atom. The van der Waals surface area contributed by atoms with Gasteiger partial charge in [0.15, 0.2) is 0 Å². The molecule has 0 bridgehead atoms. The molecule has 0 amide bonds.